The van der Waals surface area contributed by atoms with Gasteiger partial charge in [-0.1, -0.05) is 50.6 Å². The lowest BCUT2D eigenvalue weighted by molar-refractivity contribution is -0.142. The summed E-state index contributed by atoms with van der Waals surface area (Å²) < 4.78 is 0. The van der Waals surface area contributed by atoms with Gasteiger partial charge in [0.2, 0.25) is 17.7 Å². The summed E-state index contributed by atoms with van der Waals surface area (Å²) in [5.74, 6) is -3.08. The van der Waals surface area contributed by atoms with Crippen LogP contribution in [0, 0.1) is 5.92 Å². The first kappa shape index (κ1) is 28.1. The second kappa shape index (κ2) is 14.2. The van der Waals surface area contributed by atoms with Crippen molar-refractivity contribution in [3.63, 3.8) is 0 Å². The fourth-order valence-electron chi connectivity index (χ4n) is 3.15. The average Bonchev–Trinajstić information content (AvgIpc) is 2.76. The molecular weight excluding hydrogens is 426 g/mol. The van der Waals surface area contributed by atoms with Crippen LogP contribution in [-0.4, -0.2) is 59.5 Å². The van der Waals surface area contributed by atoms with Crippen molar-refractivity contribution in [3.05, 3.63) is 35.9 Å². The van der Waals surface area contributed by atoms with E-state index in [1.54, 1.807) is 38.1 Å². The number of hydrogen-bond donors (Lipinski definition) is 6. The van der Waals surface area contributed by atoms with Crippen LogP contribution in [0.1, 0.15) is 45.6 Å². The second-order valence-corrected chi connectivity index (χ2v) is 8.44. The van der Waals surface area contributed by atoms with Crippen molar-refractivity contribution < 1.29 is 24.3 Å². The van der Waals surface area contributed by atoms with Crippen molar-refractivity contribution in [1.82, 2.24) is 16.0 Å². The first-order valence-electron chi connectivity index (χ1n) is 11.2. The summed E-state index contributed by atoms with van der Waals surface area (Å²) in [6.45, 7) is 5.48. The first-order valence-corrected chi connectivity index (χ1v) is 11.2. The topological polar surface area (TPSA) is 177 Å². The second-order valence-electron chi connectivity index (χ2n) is 8.44. The summed E-state index contributed by atoms with van der Waals surface area (Å²) in [4.78, 5) is 49.3. The number of nitrogens with one attached hydrogen (secondary N) is 3. The lowest BCUT2D eigenvalue weighted by Gasteiger charge is -2.25. The summed E-state index contributed by atoms with van der Waals surface area (Å²) >= 11 is 0. The number of rotatable bonds is 14. The molecule has 4 unspecified atom stereocenters. The van der Waals surface area contributed by atoms with Crippen LogP contribution in [-0.2, 0) is 25.6 Å². The zero-order chi connectivity index (χ0) is 25.0. The molecular formula is C23H37N5O5. The molecule has 4 atom stereocenters. The molecule has 0 aliphatic carbocycles. The first-order chi connectivity index (χ1) is 15.6. The number of aliphatic carboxylic acids is 1. The third kappa shape index (κ3) is 10.0. The van der Waals surface area contributed by atoms with E-state index in [1.807, 2.05) is 6.07 Å². The highest BCUT2D eigenvalue weighted by Gasteiger charge is 2.30. The standard InChI is InChI=1S/C23H37N5O5/c1-14(2)19(28-21(30)17(25)11-7-8-12-24)22(31)26-15(3)20(29)27-18(23(32)33)13-16-9-5-4-6-10-16/h4-6,9-10,14-15,17-19H,7-8,11-13,24-25H2,1-3H3,(H,26,31)(H,27,29)(H,28,30)(H,32,33). The van der Waals surface area contributed by atoms with E-state index in [9.17, 15) is 24.3 Å². The third-order valence-corrected chi connectivity index (χ3v) is 5.20. The number of unbranched alkanes of at least 4 members (excludes halogenated alkanes) is 1. The van der Waals surface area contributed by atoms with Crippen LogP contribution in [0.25, 0.3) is 0 Å². The van der Waals surface area contributed by atoms with Gasteiger partial charge < -0.3 is 32.5 Å². The molecule has 0 bridgehead atoms. The van der Waals surface area contributed by atoms with Crippen LogP contribution >= 0.6 is 0 Å². The maximum absolute atomic E-state index is 12.7. The van der Waals surface area contributed by atoms with Crippen molar-refractivity contribution in [2.24, 2.45) is 17.4 Å². The van der Waals surface area contributed by atoms with Gasteiger partial charge in [-0.15, -0.1) is 0 Å². The van der Waals surface area contributed by atoms with Gasteiger partial charge in [0.25, 0.3) is 0 Å². The zero-order valence-corrected chi connectivity index (χ0v) is 19.5. The Bertz CT molecular complexity index is 787. The quantitative estimate of drug-likeness (QED) is 0.209. The van der Waals surface area contributed by atoms with Crippen molar-refractivity contribution in [1.29, 1.82) is 0 Å². The largest absolute Gasteiger partial charge is 0.480 e. The maximum atomic E-state index is 12.7. The zero-order valence-electron chi connectivity index (χ0n) is 19.5. The normalized spacial score (nSPS) is 14.6. The molecule has 1 aromatic rings. The molecule has 1 aromatic carbocycles. The number of carbonyl (C=O) groups is 4. The van der Waals surface area contributed by atoms with E-state index in [0.717, 1.165) is 12.0 Å². The molecule has 33 heavy (non-hydrogen) atoms. The number of benzene rings is 1. The van der Waals surface area contributed by atoms with Gasteiger partial charge in [-0.2, -0.15) is 0 Å². The van der Waals surface area contributed by atoms with E-state index in [2.05, 4.69) is 16.0 Å². The number of amides is 3. The molecule has 0 fully saturated rings. The average molecular weight is 464 g/mol. The number of nitrogens with two attached hydrogens (primary N) is 2. The van der Waals surface area contributed by atoms with E-state index in [0.29, 0.717) is 19.4 Å². The van der Waals surface area contributed by atoms with Gasteiger partial charge >= 0.3 is 5.97 Å². The molecule has 0 aromatic heterocycles. The molecule has 10 nitrogen and oxygen atoms in total. The number of carboxylic acid groups (broad SMARTS) is 1. The highest BCUT2D eigenvalue weighted by Crippen LogP contribution is 2.06. The van der Waals surface area contributed by atoms with Crippen LogP contribution in [0.4, 0.5) is 0 Å². The number of carboxylic acids is 1. The van der Waals surface area contributed by atoms with E-state index in [-0.39, 0.29) is 12.3 Å². The molecule has 0 radical (unpaired) electrons. The molecule has 184 valence electrons. The summed E-state index contributed by atoms with van der Waals surface area (Å²) in [7, 11) is 0. The van der Waals surface area contributed by atoms with Crippen LogP contribution in [0.3, 0.4) is 0 Å². The molecule has 1 rings (SSSR count). The Balaban J connectivity index is 2.70. The van der Waals surface area contributed by atoms with Gasteiger partial charge in [-0.05, 0) is 37.8 Å². The summed E-state index contributed by atoms with van der Waals surface area (Å²) in [5.41, 5.74) is 12.1. The van der Waals surface area contributed by atoms with Gasteiger partial charge in [0, 0.05) is 6.42 Å². The Morgan fingerprint density at radius 3 is 2.09 bits per heavy atom. The minimum atomic E-state index is -1.18. The maximum Gasteiger partial charge on any atom is 0.326 e. The van der Waals surface area contributed by atoms with Gasteiger partial charge in [0.15, 0.2) is 0 Å². The fourth-order valence-corrected chi connectivity index (χ4v) is 3.15. The molecule has 0 aliphatic rings. The summed E-state index contributed by atoms with van der Waals surface area (Å²) in [5, 5.41) is 17.1. The van der Waals surface area contributed by atoms with Crippen molar-refractivity contribution in [3.8, 4) is 0 Å². The van der Waals surface area contributed by atoms with Gasteiger partial charge in [0.1, 0.15) is 18.1 Å². The monoisotopic (exact) mass is 463 g/mol. The van der Waals surface area contributed by atoms with E-state index in [1.165, 1.54) is 6.92 Å². The Hall–Kier alpha value is -2.98. The minimum Gasteiger partial charge on any atom is -0.480 e. The van der Waals surface area contributed by atoms with E-state index >= 15 is 0 Å². The van der Waals surface area contributed by atoms with Crippen molar-refractivity contribution >= 4 is 23.7 Å². The predicted molar refractivity (Wildman–Crippen MR) is 125 cm³/mol. The van der Waals surface area contributed by atoms with Crippen molar-refractivity contribution in [2.75, 3.05) is 6.54 Å². The Morgan fingerprint density at radius 2 is 1.55 bits per heavy atom. The molecule has 0 spiro atoms. The lowest BCUT2D eigenvalue weighted by atomic mass is 10.0. The van der Waals surface area contributed by atoms with Gasteiger partial charge in [0.05, 0.1) is 6.04 Å². The summed E-state index contributed by atoms with van der Waals surface area (Å²) in [6.07, 6.45) is 2.01. The van der Waals surface area contributed by atoms with E-state index < -0.39 is 47.9 Å². The minimum absolute atomic E-state index is 0.106. The van der Waals surface area contributed by atoms with Crippen LogP contribution in [0.15, 0.2) is 30.3 Å². The number of carbonyl (C=O) groups excluding carboxylic acids is 3. The van der Waals surface area contributed by atoms with Gasteiger partial charge in [-0.25, -0.2) is 4.79 Å². The molecule has 3 amide bonds. The lowest BCUT2D eigenvalue weighted by Crippen LogP contribution is -2.57. The highest BCUT2D eigenvalue weighted by molar-refractivity contribution is 5.94. The molecule has 0 aliphatic heterocycles. The SMILES string of the molecule is CC(NC(=O)C(NC(=O)C(N)CCCCN)C(C)C)C(=O)NC(Cc1ccccc1)C(=O)O. The Morgan fingerprint density at radius 1 is 0.909 bits per heavy atom. The molecule has 8 N–H and O–H groups in total. The molecule has 0 heterocycles. The highest BCUT2D eigenvalue weighted by atomic mass is 16.4. The third-order valence-electron chi connectivity index (χ3n) is 5.20. The van der Waals surface area contributed by atoms with Crippen LogP contribution < -0.4 is 27.4 Å². The summed E-state index contributed by atoms with van der Waals surface area (Å²) in [6, 6.07) is 5.10. The smallest absolute Gasteiger partial charge is 0.326 e. The molecule has 0 saturated heterocycles. The molecule has 10 heteroatoms. The predicted octanol–water partition coefficient (Wildman–Crippen LogP) is -0.0997. The van der Waals surface area contributed by atoms with Crippen LogP contribution in [0.2, 0.25) is 0 Å². The van der Waals surface area contributed by atoms with Gasteiger partial charge in [-0.3, -0.25) is 14.4 Å². The Kier molecular flexibility index (Phi) is 12.1. The fraction of sp³-hybridized carbons (Fsp3) is 0.565. The molecule has 0 saturated carbocycles. The van der Waals surface area contributed by atoms with E-state index in [4.69, 9.17) is 11.5 Å². The van der Waals surface area contributed by atoms with Crippen molar-refractivity contribution in [2.45, 2.75) is 70.6 Å². The number of hydrogen-bond acceptors (Lipinski definition) is 6. The van der Waals surface area contributed by atoms with Crippen LogP contribution in [0.5, 0.6) is 0 Å². The Labute approximate surface area is 194 Å².